The van der Waals surface area contributed by atoms with Crippen molar-refractivity contribution in [1.29, 1.82) is 0 Å². The number of benzene rings is 2. The van der Waals surface area contributed by atoms with Crippen LogP contribution in [0.3, 0.4) is 0 Å². The molecule has 2 N–H and O–H groups in total. The summed E-state index contributed by atoms with van der Waals surface area (Å²) in [5, 5.41) is 6.64. The third-order valence-electron chi connectivity index (χ3n) is 8.11. The van der Waals surface area contributed by atoms with Gasteiger partial charge in [0.05, 0.1) is 18.1 Å². The Hall–Kier alpha value is -3.04. The summed E-state index contributed by atoms with van der Waals surface area (Å²) >= 11 is 0. The van der Waals surface area contributed by atoms with Crippen LogP contribution in [0.15, 0.2) is 48.5 Å². The Morgan fingerprint density at radius 3 is 2.44 bits per heavy atom. The van der Waals surface area contributed by atoms with Crippen LogP contribution in [0.5, 0.6) is 5.75 Å². The highest BCUT2D eigenvalue weighted by molar-refractivity contribution is 5.95. The highest BCUT2D eigenvalue weighted by Crippen LogP contribution is 2.42. The number of amides is 2. The minimum absolute atomic E-state index is 0.0254. The number of halogens is 2. The minimum Gasteiger partial charge on any atom is -0.493 e. The van der Waals surface area contributed by atoms with Crippen molar-refractivity contribution in [2.75, 3.05) is 46.5 Å². The molecule has 2 amide bonds. The molecule has 1 heterocycles. The van der Waals surface area contributed by atoms with E-state index in [1.165, 1.54) is 18.2 Å². The average molecular weight is 572 g/mol. The lowest BCUT2D eigenvalue weighted by atomic mass is 9.91. The third-order valence-corrected chi connectivity index (χ3v) is 8.11. The lowest BCUT2D eigenvalue weighted by Crippen LogP contribution is -2.44. The van der Waals surface area contributed by atoms with Gasteiger partial charge in [0, 0.05) is 57.9 Å². The summed E-state index contributed by atoms with van der Waals surface area (Å²) in [5.41, 5.74) is 1.15. The first-order valence-corrected chi connectivity index (χ1v) is 14.7. The number of rotatable bonds is 15. The fourth-order valence-corrected chi connectivity index (χ4v) is 5.61. The molecule has 1 saturated carbocycles. The average Bonchev–Trinajstić information content (AvgIpc) is 3.69. The second-order valence-electron chi connectivity index (χ2n) is 11.4. The third kappa shape index (κ3) is 8.26. The molecule has 0 radical (unpaired) electrons. The van der Waals surface area contributed by atoms with E-state index in [1.54, 1.807) is 12.0 Å². The van der Waals surface area contributed by atoms with Gasteiger partial charge in [-0.1, -0.05) is 30.3 Å². The summed E-state index contributed by atoms with van der Waals surface area (Å²) in [7, 11) is 1.57. The molecule has 2 fully saturated rings. The number of nitrogens with one attached hydrogen (secondary N) is 2. The first kappa shape index (κ1) is 30.9. The Labute approximate surface area is 242 Å². The van der Waals surface area contributed by atoms with E-state index in [0.29, 0.717) is 37.6 Å². The van der Waals surface area contributed by atoms with Crippen LogP contribution in [0.25, 0.3) is 0 Å². The molecular weight excluding hydrogens is 528 g/mol. The number of carbonyl (C=O) groups is 2. The van der Waals surface area contributed by atoms with Gasteiger partial charge in [0.2, 0.25) is 5.91 Å². The maximum Gasteiger partial charge on any atom is 0.267 e. The molecule has 0 bridgehead atoms. The van der Waals surface area contributed by atoms with Gasteiger partial charge in [0.15, 0.2) is 0 Å². The van der Waals surface area contributed by atoms with Crippen LogP contribution in [0, 0.1) is 17.8 Å². The number of carbonyl (C=O) groups excluding carboxylic acids is 2. The number of alkyl halides is 2. The first-order valence-electron chi connectivity index (χ1n) is 14.7. The summed E-state index contributed by atoms with van der Waals surface area (Å²) in [6.45, 7) is 7.09. The van der Waals surface area contributed by atoms with E-state index in [2.05, 4.69) is 10.6 Å². The summed E-state index contributed by atoms with van der Waals surface area (Å²) in [6.07, 6.45) is -0.0108. The van der Waals surface area contributed by atoms with Crippen LogP contribution < -0.4 is 15.4 Å². The molecule has 41 heavy (non-hydrogen) atoms. The van der Waals surface area contributed by atoms with Gasteiger partial charge in [-0.25, -0.2) is 8.78 Å². The predicted octanol–water partition coefficient (Wildman–Crippen LogP) is 5.04. The smallest absolute Gasteiger partial charge is 0.267 e. The molecule has 0 aromatic heterocycles. The van der Waals surface area contributed by atoms with Crippen molar-refractivity contribution < 1.29 is 27.8 Å². The highest BCUT2D eigenvalue weighted by Gasteiger charge is 2.38. The van der Waals surface area contributed by atoms with Crippen LogP contribution in [0.4, 0.5) is 8.78 Å². The van der Waals surface area contributed by atoms with E-state index in [4.69, 9.17) is 9.47 Å². The van der Waals surface area contributed by atoms with Gasteiger partial charge >= 0.3 is 0 Å². The Kier molecular flexibility index (Phi) is 11.1. The van der Waals surface area contributed by atoms with Crippen molar-refractivity contribution in [1.82, 2.24) is 15.5 Å². The zero-order chi connectivity index (χ0) is 29.4. The molecule has 2 aliphatic rings. The van der Waals surface area contributed by atoms with E-state index in [-0.39, 0.29) is 53.5 Å². The van der Waals surface area contributed by atoms with Gasteiger partial charge in [0.1, 0.15) is 5.75 Å². The Morgan fingerprint density at radius 1 is 1.05 bits per heavy atom. The Balaban J connectivity index is 1.41. The summed E-state index contributed by atoms with van der Waals surface area (Å²) < 4.78 is 37.9. The van der Waals surface area contributed by atoms with E-state index in [0.717, 1.165) is 31.5 Å². The normalized spacial score (nSPS) is 19.4. The highest BCUT2D eigenvalue weighted by atomic mass is 19.3. The fourth-order valence-electron chi connectivity index (χ4n) is 5.61. The van der Waals surface area contributed by atoms with E-state index in [1.807, 2.05) is 44.2 Å². The van der Waals surface area contributed by atoms with Crippen LogP contribution >= 0.6 is 0 Å². The SMILES string of the molecule is COCCCOc1cc(C(=O)N(C[C@@H]2CNC[C@H]2CNC(=O)C(c2ccccc2)C2CC2)C(C)C)ccc1C(F)F. The molecule has 4 rings (SSSR count). The minimum atomic E-state index is -2.71. The first-order chi connectivity index (χ1) is 19.8. The summed E-state index contributed by atoms with van der Waals surface area (Å²) in [6, 6.07) is 14.0. The molecule has 1 aliphatic carbocycles. The molecule has 9 heteroatoms. The van der Waals surface area contributed by atoms with Crippen molar-refractivity contribution >= 4 is 11.8 Å². The maximum atomic E-state index is 13.7. The standard InChI is InChI=1S/C32H43F2N3O4/c1-21(2)37(32(39)24-12-13-27(30(33)34)28(16-24)41-15-7-14-40-3)20-26-18-35-17-25(26)19-36-31(38)29(23-10-11-23)22-8-5-4-6-9-22/h4-6,8-9,12-13,16,21,23,25-26,29-30,35H,7,10-11,14-15,17-20H2,1-3H3,(H,36,38)/t25-,26-,29?/m0/s1. The van der Waals surface area contributed by atoms with Gasteiger partial charge in [-0.3, -0.25) is 9.59 Å². The van der Waals surface area contributed by atoms with Gasteiger partial charge in [-0.2, -0.15) is 0 Å². The number of hydrogen-bond acceptors (Lipinski definition) is 5. The second-order valence-corrected chi connectivity index (χ2v) is 11.4. The number of hydrogen-bond donors (Lipinski definition) is 2. The summed E-state index contributed by atoms with van der Waals surface area (Å²) in [4.78, 5) is 28.7. The van der Waals surface area contributed by atoms with Crippen molar-refractivity contribution in [3.8, 4) is 5.75 Å². The Morgan fingerprint density at radius 2 is 1.78 bits per heavy atom. The van der Waals surface area contributed by atoms with Crippen molar-refractivity contribution in [2.24, 2.45) is 17.8 Å². The van der Waals surface area contributed by atoms with Crippen molar-refractivity contribution in [3.63, 3.8) is 0 Å². The molecule has 1 unspecified atom stereocenters. The number of methoxy groups -OCH3 is 1. The number of nitrogens with zero attached hydrogens (tertiary/aromatic N) is 1. The van der Waals surface area contributed by atoms with Crippen LogP contribution in [0.2, 0.25) is 0 Å². The molecule has 7 nitrogen and oxygen atoms in total. The van der Waals surface area contributed by atoms with Crippen molar-refractivity contribution in [3.05, 3.63) is 65.2 Å². The van der Waals surface area contributed by atoms with E-state index in [9.17, 15) is 18.4 Å². The largest absolute Gasteiger partial charge is 0.493 e. The second kappa shape index (κ2) is 14.7. The van der Waals surface area contributed by atoms with Crippen LogP contribution in [0.1, 0.15) is 66.9 Å². The number of ether oxygens (including phenoxy) is 2. The van der Waals surface area contributed by atoms with Gasteiger partial charge in [0.25, 0.3) is 12.3 Å². The molecule has 2 aromatic rings. The van der Waals surface area contributed by atoms with Crippen LogP contribution in [-0.4, -0.2) is 69.3 Å². The van der Waals surface area contributed by atoms with Gasteiger partial charge in [-0.15, -0.1) is 0 Å². The van der Waals surface area contributed by atoms with E-state index >= 15 is 0 Å². The summed E-state index contributed by atoms with van der Waals surface area (Å²) in [5.74, 6) is 0.451. The lowest BCUT2D eigenvalue weighted by Gasteiger charge is -2.32. The predicted molar refractivity (Wildman–Crippen MR) is 154 cm³/mol. The molecule has 1 saturated heterocycles. The lowest BCUT2D eigenvalue weighted by molar-refractivity contribution is -0.123. The van der Waals surface area contributed by atoms with Crippen LogP contribution in [-0.2, 0) is 9.53 Å². The molecule has 224 valence electrons. The quantitative estimate of drug-likeness (QED) is 0.293. The topological polar surface area (TPSA) is 79.9 Å². The molecule has 3 atom stereocenters. The van der Waals surface area contributed by atoms with E-state index < -0.39 is 6.43 Å². The maximum absolute atomic E-state index is 13.7. The van der Waals surface area contributed by atoms with Gasteiger partial charge in [-0.05, 0) is 68.2 Å². The molecule has 2 aromatic carbocycles. The van der Waals surface area contributed by atoms with Crippen molar-refractivity contribution in [2.45, 2.75) is 51.5 Å². The zero-order valence-corrected chi connectivity index (χ0v) is 24.3. The molecule has 0 spiro atoms. The molecule has 1 aliphatic heterocycles. The Bertz CT molecular complexity index is 1140. The molecular formula is C32H43F2N3O4. The monoisotopic (exact) mass is 571 g/mol. The van der Waals surface area contributed by atoms with Gasteiger partial charge < -0.3 is 25.0 Å². The zero-order valence-electron chi connectivity index (χ0n) is 24.3. The fraction of sp³-hybridized carbons (Fsp3) is 0.562.